The van der Waals surface area contributed by atoms with Crippen LogP contribution in [0.25, 0.3) is 0 Å². The number of aromatic nitrogens is 1. The highest BCUT2D eigenvalue weighted by atomic mass is 79.9. The number of hydrogen-bond donors (Lipinski definition) is 1. The van der Waals surface area contributed by atoms with Gasteiger partial charge in [0, 0.05) is 29.9 Å². The molecule has 1 saturated heterocycles. The molecule has 0 spiro atoms. The van der Waals surface area contributed by atoms with Crippen LogP contribution in [0.5, 0.6) is 0 Å². The van der Waals surface area contributed by atoms with E-state index in [2.05, 4.69) is 26.2 Å². The molecule has 1 fully saturated rings. The van der Waals surface area contributed by atoms with Crippen LogP contribution in [-0.2, 0) is 4.74 Å². The van der Waals surface area contributed by atoms with Crippen molar-refractivity contribution < 1.29 is 9.66 Å². The maximum Gasteiger partial charge on any atom is 0.312 e. The summed E-state index contributed by atoms with van der Waals surface area (Å²) in [5, 5.41) is 13.9. The Balaban J connectivity index is 2.01. The molecule has 1 aliphatic heterocycles. The van der Waals surface area contributed by atoms with E-state index in [0.29, 0.717) is 29.4 Å². The van der Waals surface area contributed by atoms with E-state index < -0.39 is 4.92 Å². The van der Waals surface area contributed by atoms with Crippen molar-refractivity contribution in [1.29, 1.82) is 0 Å². The van der Waals surface area contributed by atoms with Crippen molar-refractivity contribution in [2.24, 2.45) is 5.92 Å². The molecule has 1 atom stereocenters. The van der Waals surface area contributed by atoms with Gasteiger partial charge < -0.3 is 10.1 Å². The van der Waals surface area contributed by atoms with Gasteiger partial charge in [0.2, 0.25) is 5.82 Å². The number of hydrogen-bond acceptors (Lipinski definition) is 5. The summed E-state index contributed by atoms with van der Waals surface area (Å²) in [7, 11) is 0. The Labute approximate surface area is 113 Å². The van der Waals surface area contributed by atoms with E-state index in [1.54, 1.807) is 6.20 Å². The van der Waals surface area contributed by atoms with Gasteiger partial charge in [-0.3, -0.25) is 10.1 Å². The molecule has 98 valence electrons. The zero-order valence-electron chi connectivity index (χ0n) is 9.76. The third-order valence-electron chi connectivity index (χ3n) is 2.84. The molecule has 2 heterocycles. The smallest absolute Gasteiger partial charge is 0.312 e. The topological polar surface area (TPSA) is 77.3 Å². The summed E-state index contributed by atoms with van der Waals surface area (Å²) in [5.41, 5.74) is -0.0129. The third kappa shape index (κ3) is 3.39. The molecule has 1 unspecified atom stereocenters. The first-order valence-corrected chi connectivity index (χ1v) is 6.57. The number of halogens is 1. The van der Waals surface area contributed by atoms with Gasteiger partial charge in [-0.25, -0.2) is 4.98 Å². The number of pyridine rings is 1. The van der Waals surface area contributed by atoms with E-state index in [1.807, 2.05) is 0 Å². The highest BCUT2D eigenvalue weighted by Gasteiger charge is 2.18. The molecule has 6 nitrogen and oxygen atoms in total. The molecule has 1 aromatic heterocycles. The quantitative estimate of drug-likeness (QED) is 0.682. The number of anilines is 1. The summed E-state index contributed by atoms with van der Waals surface area (Å²) in [5.74, 6) is 0.706. The first kappa shape index (κ1) is 13.2. The SMILES string of the molecule is O=[N+]([O-])c1cc(Br)cnc1NCC1CCCOC1. The number of ether oxygens (including phenoxy) is 1. The molecular formula is C11H14BrN3O3. The fourth-order valence-corrected chi connectivity index (χ4v) is 2.23. The highest BCUT2D eigenvalue weighted by Crippen LogP contribution is 2.26. The predicted octanol–water partition coefficient (Wildman–Crippen LogP) is 2.59. The lowest BCUT2D eigenvalue weighted by molar-refractivity contribution is -0.384. The zero-order chi connectivity index (χ0) is 13.0. The van der Waals surface area contributed by atoms with Crippen LogP contribution in [0.4, 0.5) is 11.5 Å². The number of nitrogens with zero attached hydrogens (tertiary/aromatic N) is 2. The van der Waals surface area contributed by atoms with E-state index in [0.717, 1.165) is 19.4 Å². The van der Waals surface area contributed by atoms with E-state index >= 15 is 0 Å². The predicted molar refractivity (Wildman–Crippen MR) is 70.6 cm³/mol. The van der Waals surface area contributed by atoms with Gasteiger partial charge >= 0.3 is 5.69 Å². The minimum Gasteiger partial charge on any atom is -0.381 e. The van der Waals surface area contributed by atoms with Crippen LogP contribution in [0.2, 0.25) is 0 Å². The van der Waals surface area contributed by atoms with Crippen molar-refractivity contribution in [2.45, 2.75) is 12.8 Å². The summed E-state index contributed by atoms with van der Waals surface area (Å²) < 4.78 is 5.96. The Bertz CT molecular complexity index is 436. The Hall–Kier alpha value is -1.21. The number of nitrogens with one attached hydrogen (secondary N) is 1. The largest absolute Gasteiger partial charge is 0.381 e. The molecule has 0 amide bonds. The molecule has 1 N–H and O–H groups in total. The van der Waals surface area contributed by atoms with Crippen LogP contribution in [0.1, 0.15) is 12.8 Å². The lowest BCUT2D eigenvalue weighted by atomic mass is 10.0. The van der Waals surface area contributed by atoms with Crippen LogP contribution < -0.4 is 5.32 Å². The fraction of sp³-hybridized carbons (Fsp3) is 0.545. The average molecular weight is 316 g/mol. The summed E-state index contributed by atoms with van der Waals surface area (Å²) in [6.07, 6.45) is 3.67. The average Bonchev–Trinajstić information content (AvgIpc) is 2.38. The normalized spacial score (nSPS) is 19.5. The Kier molecular flexibility index (Phi) is 4.48. The molecule has 0 bridgehead atoms. The van der Waals surface area contributed by atoms with Gasteiger partial charge in [-0.2, -0.15) is 0 Å². The van der Waals surface area contributed by atoms with Gasteiger partial charge in [0.25, 0.3) is 0 Å². The number of nitro groups is 1. The third-order valence-corrected chi connectivity index (χ3v) is 3.28. The molecular weight excluding hydrogens is 302 g/mol. The molecule has 0 aliphatic carbocycles. The second kappa shape index (κ2) is 6.10. The summed E-state index contributed by atoms with van der Waals surface area (Å²) >= 11 is 3.18. The van der Waals surface area contributed by atoms with Gasteiger partial charge in [0.15, 0.2) is 0 Å². The highest BCUT2D eigenvalue weighted by molar-refractivity contribution is 9.10. The summed E-state index contributed by atoms with van der Waals surface area (Å²) in [6, 6.07) is 1.45. The maximum absolute atomic E-state index is 10.9. The first-order chi connectivity index (χ1) is 8.66. The van der Waals surface area contributed by atoms with Crippen LogP contribution >= 0.6 is 15.9 Å². The van der Waals surface area contributed by atoms with Crippen molar-refractivity contribution in [3.8, 4) is 0 Å². The first-order valence-electron chi connectivity index (χ1n) is 5.78. The molecule has 2 rings (SSSR count). The van der Waals surface area contributed by atoms with Crippen LogP contribution in [0, 0.1) is 16.0 Å². The van der Waals surface area contributed by atoms with Crippen LogP contribution in [0.15, 0.2) is 16.7 Å². The molecule has 18 heavy (non-hydrogen) atoms. The molecule has 1 aromatic rings. The van der Waals surface area contributed by atoms with Gasteiger partial charge in [-0.1, -0.05) is 0 Å². The van der Waals surface area contributed by atoms with Gasteiger partial charge in [-0.15, -0.1) is 0 Å². The lowest BCUT2D eigenvalue weighted by Gasteiger charge is -2.22. The van der Waals surface area contributed by atoms with Gasteiger partial charge in [0.05, 0.1) is 11.5 Å². The van der Waals surface area contributed by atoms with E-state index in [9.17, 15) is 10.1 Å². The summed E-state index contributed by atoms with van der Waals surface area (Å²) in [4.78, 5) is 14.5. The lowest BCUT2D eigenvalue weighted by Crippen LogP contribution is -2.24. The fourth-order valence-electron chi connectivity index (χ4n) is 1.91. The van der Waals surface area contributed by atoms with E-state index in [4.69, 9.17) is 4.74 Å². The van der Waals surface area contributed by atoms with Crippen molar-refractivity contribution in [3.63, 3.8) is 0 Å². The molecule has 0 saturated carbocycles. The minimum atomic E-state index is -0.433. The Morgan fingerprint density at radius 1 is 1.67 bits per heavy atom. The number of rotatable bonds is 4. The monoisotopic (exact) mass is 315 g/mol. The van der Waals surface area contributed by atoms with Gasteiger partial charge in [-0.05, 0) is 34.7 Å². The van der Waals surface area contributed by atoms with Crippen LogP contribution in [-0.4, -0.2) is 29.7 Å². The van der Waals surface area contributed by atoms with Crippen molar-refractivity contribution in [2.75, 3.05) is 25.1 Å². The van der Waals surface area contributed by atoms with Crippen molar-refractivity contribution in [1.82, 2.24) is 4.98 Å². The van der Waals surface area contributed by atoms with E-state index in [-0.39, 0.29) is 5.69 Å². The van der Waals surface area contributed by atoms with Crippen LogP contribution in [0.3, 0.4) is 0 Å². The second-order valence-corrected chi connectivity index (χ2v) is 5.16. The Morgan fingerprint density at radius 3 is 3.17 bits per heavy atom. The molecule has 0 radical (unpaired) electrons. The molecule has 0 aromatic carbocycles. The minimum absolute atomic E-state index is 0.0129. The Morgan fingerprint density at radius 2 is 2.50 bits per heavy atom. The standard InChI is InChI=1S/C11H14BrN3O3/c12-9-4-10(15(16)17)11(14-6-9)13-5-8-2-1-3-18-7-8/h4,6,8H,1-3,5,7H2,(H,13,14). The second-order valence-electron chi connectivity index (χ2n) is 4.24. The molecule has 1 aliphatic rings. The maximum atomic E-state index is 10.9. The zero-order valence-corrected chi connectivity index (χ0v) is 11.4. The van der Waals surface area contributed by atoms with E-state index in [1.165, 1.54) is 6.07 Å². The van der Waals surface area contributed by atoms with Gasteiger partial charge in [0.1, 0.15) is 0 Å². The molecule has 7 heteroatoms. The van der Waals surface area contributed by atoms with Crippen molar-refractivity contribution in [3.05, 3.63) is 26.9 Å². The summed E-state index contributed by atoms with van der Waals surface area (Å²) in [6.45, 7) is 2.17. The van der Waals surface area contributed by atoms with Crippen molar-refractivity contribution >= 4 is 27.4 Å².